The van der Waals surface area contributed by atoms with Gasteiger partial charge in [0.1, 0.15) is 0 Å². The van der Waals surface area contributed by atoms with Crippen LogP contribution < -0.4 is 0 Å². The third kappa shape index (κ3) is 2.95. The summed E-state index contributed by atoms with van der Waals surface area (Å²) in [5.74, 6) is 0. The van der Waals surface area contributed by atoms with Crippen LogP contribution in [-0.2, 0) is 0 Å². The maximum atomic E-state index is 5.07. The fraction of sp³-hybridized carbons (Fsp3) is 0.0952. The third-order valence-electron chi connectivity index (χ3n) is 4.07. The van der Waals surface area contributed by atoms with Gasteiger partial charge in [-0.15, -0.1) is 0 Å². The van der Waals surface area contributed by atoms with Crippen molar-refractivity contribution in [2.45, 2.75) is 11.3 Å². The second-order valence-electron chi connectivity index (χ2n) is 5.60. The molecule has 0 N–H and O–H groups in total. The summed E-state index contributed by atoms with van der Waals surface area (Å²) >= 11 is 1.87. The first-order valence-corrected chi connectivity index (χ1v) is 8.69. The number of nitrogens with zero attached hydrogens (tertiary/aromatic N) is 1. The van der Waals surface area contributed by atoms with Gasteiger partial charge in [-0.25, -0.2) is 0 Å². The van der Waals surface area contributed by atoms with Crippen molar-refractivity contribution in [2.24, 2.45) is 4.99 Å². The summed E-state index contributed by atoms with van der Waals surface area (Å²) in [5.41, 5.74) is 3.82. The summed E-state index contributed by atoms with van der Waals surface area (Å²) < 4.78 is 0. The fourth-order valence-corrected chi connectivity index (χ4v) is 4.25. The van der Waals surface area contributed by atoms with E-state index < -0.39 is 0 Å². The second-order valence-corrected chi connectivity index (χ2v) is 6.74. The second kappa shape index (κ2) is 6.43. The molecule has 1 aliphatic rings. The molecule has 23 heavy (non-hydrogen) atoms. The summed E-state index contributed by atoms with van der Waals surface area (Å²) in [6, 6.07) is 32.0. The molecule has 3 aromatic rings. The SMILES string of the molecule is c1ccc(C2=NC(c3ccccc3)C(c3ccccc3)S2)cc1. The van der Waals surface area contributed by atoms with Crippen molar-refractivity contribution in [1.29, 1.82) is 0 Å². The highest BCUT2D eigenvalue weighted by atomic mass is 32.2. The summed E-state index contributed by atoms with van der Waals surface area (Å²) in [6.07, 6.45) is 0. The lowest BCUT2D eigenvalue weighted by Crippen LogP contribution is -2.02. The van der Waals surface area contributed by atoms with Crippen molar-refractivity contribution in [3.05, 3.63) is 108 Å². The van der Waals surface area contributed by atoms with Crippen molar-refractivity contribution in [1.82, 2.24) is 0 Å². The van der Waals surface area contributed by atoms with Gasteiger partial charge in [0.25, 0.3) is 0 Å². The van der Waals surface area contributed by atoms with Crippen LogP contribution >= 0.6 is 11.8 Å². The molecule has 0 radical (unpaired) electrons. The van der Waals surface area contributed by atoms with E-state index in [1.165, 1.54) is 16.7 Å². The van der Waals surface area contributed by atoms with Gasteiger partial charge in [0, 0.05) is 5.56 Å². The van der Waals surface area contributed by atoms with Gasteiger partial charge in [-0.2, -0.15) is 0 Å². The highest BCUT2D eigenvalue weighted by Gasteiger charge is 2.32. The van der Waals surface area contributed by atoms with Gasteiger partial charge in [-0.3, -0.25) is 4.99 Å². The monoisotopic (exact) mass is 315 g/mol. The van der Waals surface area contributed by atoms with E-state index >= 15 is 0 Å². The quantitative estimate of drug-likeness (QED) is 0.607. The smallest absolute Gasteiger partial charge is 0.0991 e. The molecular weight excluding hydrogens is 298 g/mol. The van der Waals surface area contributed by atoms with Crippen molar-refractivity contribution >= 4 is 16.8 Å². The van der Waals surface area contributed by atoms with Crippen LogP contribution in [0.15, 0.2) is 96.0 Å². The topological polar surface area (TPSA) is 12.4 Å². The Morgan fingerprint density at radius 3 is 1.74 bits per heavy atom. The molecule has 0 aliphatic carbocycles. The van der Waals surface area contributed by atoms with E-state index in [4.69, 9.17) is 4.99 Å². The zero-order chi connectivity index (χ0) is 15.5. The first-order chi connectivity index (χ1) is 11.4. The molecule has 0 amide bonds. The van der Waals surface area contributed by atoms with Gasteiger partial charge in [-0.05, 0) is 11.1 Å². The molecule has 112 valence electrons. The van der Waals surface area contributed by atoms with Crippen LogP contribution in [0.25, 0.3) is 0 Å². The van der Waals surface area contributed by atoms with E-state index in [0.29, 0.717) is 5.25 Å². The molecule has 0 saturated carbocycles. The Morgan fingerprint density at radius 2 is 1.13 bits per heavy atom. The van der Waals surface area contributed by atoms with Crippen molar-refractivity contribution in [3.63, 3.8) is 0 Å². The molecule has 2 unspecified atom stereocenters. The predicted octanol–water partition coefficient (Wildman–Crippen LogP) is 5.66. The molecule has 1 nitrogen and oxygen atoms in total. The van der Waals surface area contributed by atoms with Crippen LogP contribution in [0.2, 0.25) is 0 Å². The van der Waals surface area contributed by atoms with Crippen LogP contribution in [0, 0.1) is 0 Å². The normalized spacial score (nSPS) is 20.3. The summed E-state index contributed by atoms with van der Waals surface area (Å²) in [5, 5.41) is 1.46. The largest absolute Gasteiger partial charge is 0.268 e. The van der Waals surface area contributed by atoms with E-state index in [0.717, 1.165) is 5.04 Å². The van der Waals surface area contributed by atoms with E-state index in [9.17, 15) is 0 Å². The highest BCUT2D eigenvalue weighted by molar-refractivity contribution is 8.14. The number of rotatable bonds is 3. The first kappa shape index (κ1) is 14.3. The van der Waals surface area contributed by atoms with E-state index in [1.807, 2.05) is 17.8 Å². The lowest BCUT2D eigenvalue weighted by Gasteiger charge is -2.17. The van der Waals surface area contributed by atoms with Gasteiger partial charge < -0.3 is 0 Å². The lowest BCUT2D eigenvalue weighted by molar-refractivity contribution is 0.724. The van der Waals surface area contributed by atoms with Crippen molar-refractivity contribution in [3.8, 4) is 0 Å². The van der Waals surface area contributed by atoms with Crippen LogP contribution in [0.5, 0.6) is 0 Å². The summed E-state index contributed by atoms with van der Waals surface area (Å²) in [6.45, 7) is 0. The van der Waals surface area contributed by atoms with Crippen LogP contribution in [0.1, 0.15) is 28.0 Å². The van der Waals surface area contributed by atoms with Crippen LogP contribution in [0.3, 0.4) is 0 Å². The standard InChI is InChI=1S/C21H17NS/c1-4-10-16(11-5-1)19-20(17-12-6-2-7-13-17)23-21(22-19)18-14-8-3-9-15-18/h1-15,19-20H. The van der Waals surface area contributed by atoms with Gasteiger partial charge >= 0.3 is 0 Å². The van der Waals surface area contributed by atoms with E-state index in [1.54, 1.807) is 0 Å². The molecule has 1 aliphatic heterocycles. The molecule has 2 heteroatoms. The minimum atomic E-state index is 0.166. The van der Waals surface area contributed by atoms with E-state index in [2.05, 4.69) is 84.9 Å². The van der Waals surface area contributed by atoms with Gasteiger partial charge in [0.15, 0.2) is 0 Å². The Morgan fingerprint density at radius 1 is 0.609 bits per heavy atom. The molecule has 1 heterocycles. The molecule has 0 spiro atoms. The molecule has 3 aromatic carbocycles. The highest BCUT2D eigenvalue weighted by Crippen LogP contribution is 2.49. The number of hydrogen-bond acceptors (Lipinski definition) is 2. The fourth-order valence-electron chi connectivity index (χ4n) is 2.93. The molecule has 4 rings (SSSR count). The zero-order valence-corrected chi connectivity index (χ0v) is 13.5. The number of thioether (sulfide) groups is 1. The number of aliphatic imine (C=N–C) groups is 1. The Labute approximate surface area is 141 Å². The van der Waals surface area contributed by atoms with Crippen molar-refractivity contribution in [2.75, 3.05) is 0 Å². The van der Waals surface area contributed by atoms with E-state index in [-0.39, 0.29) is 6.04 Å². The minimum absolute atomic E-state index is 0.166. The Balaban J connectivity index is 1.75. The zero-order valence-electron chi connectivity index (χ0n) is 12.7. The molecule has 0 fully saturated rings. The van der Waals surface area contributed by atoms with Gasteiger partial charge in [-0.1, -0.05) is 103 Å². The maximum Gasteiger partial charge on any atom is 0.0991 e. The predicted molar refractivity (Wildman–Crippen MR) is 98.9 cm³/mol. The Kier molecular flexibility index (Phi) is 3.99. The van der Waals surface area contributed by atoms with Crippen LogP contribution in [-0.4, -0.2) is 5.04 Å². The van der Waals surface area contributed by atoms with Gasteiger partial charge in [0.05, 0.1) is 16.3 Å². The minimum Gasteiger partial charge on any atom is -0.268 e. The Hall–Kier alpha value is -2.32. The number of benzene rings is 3. The number of hydrogen-bond donors (Lipinski definition) is 0. The average Bonchev–Trinajstić information content (AvgIpc) is 3.09. The molecule has 0 aromatic heterocycles. The summed E-state index contributed by atoms with van der Waals surface area (Å²) in [7, 11) is 0. The first-order valence-electron chi connectivity index (χ1n) is 7.81. The Bertz CT molecular complexity index is 797. The van der Waals surface area contributed by atoms with Crippen LogP contribution in [0.4, 0.5) is 0 Å². The molecular formula is C21H17NS. The van der Waals surface area contributed by atoms with Gasteiger partial charge in [0.2, 0.25) is 0 Å². The third-order valence-corrected chi connectivity index (χ3v) is 5.42. The molecule has 2 atom stereocenters. The lowest BCUT2D eigenvalue weighted by atomic mass is 9.99. The van der Waals surface area contributed by atoms with Crippen molar-refractivity contribution < 1.29 is 0 Å². The average molecular weight is 315 g/mol. The molecule has 0 bridgehead atoms. The molecule has 0 saturated heterocycles. The maximum absolute atomic E-state index is 5.07. The summed E-state index contributed by atoms with van der Waals surface area (Å²) in [4.78, 5) is 5.07.